The van der Waals surface area contributed by atoms with Crippen molar-refractivity contribution in [3.05, 3.63) is 93.1 Å². The van der Waals surface area contributed by atoms with E-state index >= 15 is 0 Å². The molecule has 0 aliphatic rings. The highest BCUT2D eigenvalue weighted by molar-refractivity contribution is 7.80. The second-order valence-electron chi connectivity index (χ2n) is 7.83. The molecule has 2 heterocycles. The van der Waals surface area contributed by atoms with Gasteiger partial charge in [0, 0.05) is 21.2 Å². The molecule has 5 rings (SSSR count). The van der Waals surface area contributed by atoms with Crippen LogP contribution in [0.15, 0.2) is 71.1 Å². The average Bonchev–Trinajstić information content (AvgIpc) is 3.50. The SMILES string of the molecule is Cc1ccc(-c2ccc(C(=O)NC(=S)Nc3c(Cl)cc(Cl)cc3-c3nc4ccccc4s3)o2)cc1Cl. The predicted molar refractivity (Wildman–Crippen MR) is 153 cm³/mol. The van der Waals surface area contributed by atoms with E-state index in [1.165, 1.54) is 11.3 Å². The Morgan fingerprint density at radius 2 is 1.81 bits per heavy atom. The van der Waals surface area contributed by atoms with Gasteiger partial charge >= 0.3 is 0 Å². The molecule has 2 N–H and O–H groups in total. The number of carbonyl (C=O) groups is 1. The van der Waals surface area contributed by atoms with E-state index in [0.717, 1.165) is 21.3 Å². The summed E-state index contributed by atoms with van der Waals surface area (Å²) in [5.74, 6) is 0.0998. The van der Waals surface area contributed by atoms with Gasteiger partial charge in [0.05, 0.1) is 20.9 Å². The topological polar surface area (TPSA) is 67.2 Å². The molecule has 0 bridgehead atoms. The van der Waals surface area contributed by atoms with E-state index in [-0.39, 0.29) is 10.9 Å². The van der Waals surface area contributed by atoms with Crippen LogP contribution in [0.25, 0.3) is 32.1 Å². The summed E-state index contributed by atoms with van der Waals surface area (Å²) in [6.07, 6.45) is 0. The minimum atomic E-state index is -0.511. The van der Waals surface area contributed by atoms with E-state index in [4.69, 9.17) is 56.4 Å². The lowest BCUT2D eigenvalue weighted by Gasteiger charge is -2.14. The molecule has 0 radical (unpaired) electrons. The average molecular weight is 573 g/mol. The summed E-state index contributed by atoms with van der Waals surface area (Å²) in [6, 6.07) is 20.0. The van der Waals surface area contributed by atoms with Crippen LogP contribution in [0.1, 0.15) is 16.1 Å². The number of aryl methyl sites for hydroxylation is 1. The maximum absolute atomic E-state index is 12.8. The lowest BCUT2D eigenvalue weighted by Crippen LogP contribution is -2.34. The quantitative estimate of drug-likeness (QED) is 0.211. The molecule has 5 aromatic rings. The first-order valence-electron chi connectivity index (χ1n) is 10.6. The number of carbonyl (C=O) groups excluding carboxylic acids is 1. The van der Waals surface area contributed by atoms with Crippen molar-refractivity contribution < 1.29 is 9.21 Å². The molecule has 0 saturated heterocycles. The third-order valence-electron chi connectivity index (χ3n) is 5.33. The fourth-order valence-electron chi connectivity index (χ4n) is 3.53. The molecule has 180 valence electrons. The van der Waals surface area contributed by atoms with Crippen molar-refractivity contribution in [2.24, 2.45) is 0 Å². The van der Waals surface area contributed by atoms with Crippen LogP contribution < -0.4 is 10.6 Å². The van der Waals surface area contributed by atoms with Gasteiger partial charge in [0.25, 0.3) is 5.91 Å². The van der Waals surface area contributed by atoms with Crippen molar-refractivity contribution in [1.29, 1.82) is 0 Å². The fourth-order valence-corrected chi connectivity index (χ4v) is 5.43. The number of nitrogens with one attached hydrogen (secondary N) is 2. The van der Waals surface area contributed by atoms with Gasteiger partial charge in [-0.2, -0.15) is 0 Å². The van der Waals surface area contributed by atoms with Crippen LogP contribution >= 0.6 is 58.4 Å². The summed E-state index contributed by atoms with van der Waals surface area (Å²) in [5.41, 5.74) is 3.73. The Balaban J connectivity index is 1.36. The molecule has 2 aromatic heterocycles. The third-order valence-corrected chi connectivity index (χ3v) is 7.53. The lowest BCUT2D eigenvalue weighted by molar-refractivity contribution is 0.0951. The number of hydrogen-bond donors (Lipinski definition) is 2. The number of amides is 1. The van der Waals surface area contributed by atoms with Gasteiger partial charge in [0.1, 0.15) is 10.8 Å². The molecule has 5 nitrogen and oxygen atoms in total. The van der Waals surface area contributed by atoms with Crippen LogP contribution in [-0.4, -0.2) is 16.0 Å². The van der Waals surface area contributed by atoms with Crippen molar-refractivity contribution >= 4 is 85.3 Å². The Labute approximate surface area is 231 Å². The fraction of sp³-hybridized carbons (Fsp3) is 0.0385. The van der Waals surface area contributed by atoms with E-state index in [1.54, 1.807) is 30.3 Å². The van der Waals surface area contributed by atoms with Gasteiger partial charge in [-0.25, -0.2) is 4.98 Å². The number of aromatic nitrogens is 1. The molecule has 1 amide bonds. The van der Waals surface area contributed by atoms with Crippen molar-refractivity contribution in [1.82, 2.24) is 10.3 Å². The monoisotopic (exact) mass is 571 g/mol. The maximum Gasteiger partial charge on any atom is 0.293 e. The number of halogens is 3. The van der Waals surface area contributed by atoms with Crippen molar-refractivity contribution in [3.63, 3.8) is 0 Å². The number of hydrogen-bond acceptors (Lipinski definition) is 5. The molecule has 0 atom stereocenters. The normalized spacial score (nSPS) is 11.0. The van der Waals surface area contributed by atoms with Crippen LogP contribution in [0.3, 0.4) is 0 Å². The van der Waals surface area contributed by atoms with Crippen molar-refractivity contribution in [2.45, 2.75) is 6.92 Å². The highest BCUT2D eigenvalue weighted by Gasteiger charge is 2.19. The molecule has 36 heavy (non-hydrogen) atoms. The zero-order valence-corrected chi connectivity index (χ0v) is 22.5. The Morgan fingerprint density at radius 3 is 2.58 bits per heavy atom. The molecule has 0 fully saturated rings. The van der Waals surface area contributed by atoms with Crippen LogP contribution in [-0.2, 0) is 0 Å². The zero-order valence-electron chi connectivity index (χ0n) is 18.6. The smallest absolute Gasteiger partial charge is 0.293 e. The number of furan rings is 1. The minimum absolute atomic E-state index is 0.0444. The number of rotatable bonds is 4. The first-order valence-corrected chi connectivity index (χ1v) is 13.0. The van der Waals surface area contributed by atoms with Gasteiger partial charge in [0.15, 0.2) is 10.9 Å². The molecule has 0 unspecified atom stereocenters. The summed E-state index contributed by atoms with van der Waals surface area (Å²) >= 11 is 25.9. The molecule has 0 spiro atoms. The van der Waals surface area contributed by atoms with Gasteiger partial charge in [-0.15, -0.1) is 11.3 Å². The maximum atomic E-state index is 12.8. The molecule has 0 saturated carbocycles. The van der Waals surface area contributed by atoms with Crippen LogP contribution in [0.4, 0.5) is 5.69 Å². The first-order chi connectivity index (χ1) is 17.3. The molecule has 3 aromatic carbocycles. The highest BCUT2D eigenvalue weighted by Crippen LogP contribution is 2.40. The predicted octanol–water partition coefficient (Wildman–Crippen LogP) is 8.62. The largest absolute Gasteiger partial charge is 0.451 e. The number of para-hydroxylation sites is 1. The minimum Gasteiger partial charge on any atom is -0.451 e. The van der Waals surface area contributed by atoms with Gasteiger partial charge in [-0.3, -0.25) is 10.1 Å². The molecule has 0 aliphatic heterocycles. The Morgan fingerprint density at radius 1 is 1.00 bits per heavy atom. The summed E-state index contributed by atoms with van der Waals surface area (Å²) in [5, 5.41) is 7.81. The Kier molecular flexibility index (Phi) is 7.01. The first kappa shape index (κ1) is 24.7. The van der Waals surface area contributed by atoms with Crippen LogP contribution in [0, 0.1) is 6.92 Å². The van der Waals surface area contributed by atoms with Gasteiger partial charge in [0.2, 0.25) is 0 Å². The van der Waals surface area contributed by atoms with Gasteiger partial charge < -0.3 is 9.73 Å². The van der Waals surface area contributed by atoms with Crippen molar-refractivity contribution in [3.8, 4) is 21.9 Å². The van der Waals surface area contributed by atoms with Crippen LogP contribution in [0.2, 0.25) is 15.1 Å². The van der Waals surface area contributed by atoms with Gasteiger partial charge in [-0.1, -0.05) is 59.1 Å². The summed E-state index contributed by atoms with van der Waals surface area (Å²) < 4.78 is 6.76. The zero-order chi connectivity index (χ0) is 25.4. The molecular formula is C26H16Cl3N3O2S2. The van der Waals surface area contributed by atoms with Gasteiger partial charge in [-0.05, 0) is 67.2 Å². The Bertz CT molecular complexity index is 1610. The highest BCUT2D eigenvalue weighted by atomic mass is 35.5. The molecular weight excluding hydrogens is 557 g/mol. The number of thiocarbonyl (C=S) groups is 1. The second-order valence-corrected chi connectivity index (χ2v) is 10.5. The van der Waals surface area contributed by atoms with Crippen LogP contribution in [0.5, 0.6) is 0 Å². The Hall–Kier alpha value is -2.94. The van der Waals surface area contributed by atoms with E-state index in [2.05, 4.69) is 10.6 Å². The number of benzene rings is 3. The van der Waals surface area contributed by atoms with Crippen molar-refractivity contribution in [2.75, 3.05) is 5.32 Å². The van der Waals surface area contributed by atoms with E-state index < -0.39 is 5.91 Å². The summed E-state index contributed by atoms with van der Waals surface area (Å²) in [4.78, 5) is 17.5. The van der Waals surface area contributed by atoms with E-state index in [0.29, 0.717) is 37.1 Å². The number of anilines is 1. The van der Waals surface area contributed by atoms with E-state index in [1.807, 2.05) is 43.3 Å². The number of nitrogens with zero attached hydrogens (tertiary/aromatic N) is 1. The molecule has 0 aliphatic carbocycles. The number of thiazole rings is 1. The summed E-state index contributed by atoms with van der Waals surface area (Å²) in [6.45, 7) is 1.91. The standard InChI is InChI=1S/C26H16Cl3N3O2S2/c1-13-6-7-14(10-17(13)28)20-8-9-21(34-20)24(33)32-26(35)31-23-16(11-15(27)12-18(23)29)25-30-19-4-2-3-5-22(19)36-25/h2-12H,1H3,(H2,31,32,33,35). The molecule has 10 heteroatoms. The lowest BCUT2D eigenvalue weighted by atomic mass is 10.1. The third kappa shape index (κ3) is 5.12. The summed E-state index contributed by atoms with van der Waals surface area (Å²) in [7, 11) is 0. The second kappa shape index (κ2) is 10.2. The number of fused-ring (bicyclic) bond motifs is 1. The van der Waals surface area contributed by atoms with E-state index in [9.17, 15) is 4.79 Å².